The quantitative estimate of drug-likeness (QED) is 0.854. The van der Waals surface area contributed by atoms with E-state index in [9.17, 15) is 13.2 Å². The highest BCUT2D eigenvalue weighted by atomic mass is 19.4. The van der Waals surface area contributed by atoms with Crippen LogP contribution in [0.3, 0.4) is 0 Å². The van der Waals surface area contributed by atoms with Crippen LogP contribution in [0.2, 0.25) is 0 Å². The number of alkyl halides is 3. The second-order valence-corrected chi connectivity index (χ2v) is 3.81. The highest BCUT2D eigenvalue weighted by molar-refractivity contribution is 5.56. The molecule has 0 aromatic heterocycles. The number of benzene rings is 1. The lowest BCUT2D eigenvalue weighted by Crippen LogP contribution is -2.28. The molecule has 0 saturated carbocycles. The Morgan fingerprint density at radius 2 is 1.89 bits per heavy atom. The molecule has 0 spiro atoms. The van der Waals surface area contributed by atoms with Crippen LogP contribution in [-0.4, -0.2) is 29.9 Å². The van der Waals surface area contributed by atoms with Crippen molar-refractivity contribution < 1.29 is 23.4 Å². The number of hydrogen-bond acceptors (Lipinski definition) is 3. The normalized spacial score (nSPS) is 11.7. The van der Waals surface area contributed by atoms with Crippen molar-refractivity contribution in [2.75, 3.05) is 24.6 Å². The summed E-state index contributed by atoms with van der Waals surface area (Å²) in [7, 11) is 0. The lowest BCUT2D eigenvalue weighted by atomic mass is 10.1. The van der Waals surface area contributed by atoms with Gasteiger partial charge in [-0.25, -0.2) is 0 Å². The summed E-state index contributed by atoms with van der Waals surface area (Å²) in [5.74, 6) is 0. The molecule has 0 aliphatic heterocycles. The van der Waals surface area contributed by atoms with E-state index in [4.69, 9.17) is 10.2 Å². The van der Waals surface area contributed by atoms with Crippen LogP contribution in [-0.2, 0) is 12.8 Å². The number of hydrogen-bond donors (Lipinski definition) is 2. The number of likely N-dealkylation sites (N-methyl/N-ethyl adjacent to an activating group) is 1. The zero-order chi connectivity index (χ0) is 13.8. The average molecular weight is 263 g/mol. The third-order valence-corrected chi connectivity index (χ3v) is 2.64. The minimum absolute atomic E-state index is 0.0243. The number of rotatable bonds is 5. The summed E-state index contributed by atoms with van der Waals surface area (Å²) in [5.41, 5.74) is -0.549. The molecule has 18 heavy (non-hydrogen) atoms. The molecule has 0 unspecified atom stereocenters. The highest BCUT2D eigenvalue weighted by Crippen LogP contribution is 2.37. The first-order valence-electron chi connectivity index (χ1n) is 5.60. The molecule has 0 heterocycles. The Balaban J connectivity index is 3.25. The van der Waals surface area contributed by atoms with E-state index in [0.717, 1.165) is 6.07 Å². The van der Waals surface area contributed by atoms with E-state index in [1.54, 1.807) is 6.92 Å². The largest absolute Gasteiger partial charge is 0.418 e. The van der Waals surface area contributed by atoms with Crippen molar-refractivity contribution >= 4 is 5.69 Å². The fourth-order valence-electron chi connectivity index (χ4n) is 1.75. The van der Waals surface area contributed by atoms with E-state index in [1.807, 2.05) is 0 Å². The molecule has 0 aliphatic rings. The van der Waals surface area contributed by atoms with Gasteiger partial charge in [0, 0.05) is 18.8 Å². The van der Waals surface area contributed by atoms with Gasteiger partial charge in [0.2, 0.25) is 0 Å². The first-order valence-corrected chi connectivity index (χ1v) is 5.60. The molecule has 1 rings (SSSR count). The van der Waals surface area contributed by atoms with E-state index in [0.29, 0.717) is 6.54 Å². The van der Waals surface area contributed by atoms with Crippen molar-refractivity contribution in [1.82, 2.24) is 0 Å². The Morgan fingerprint density at radius 3 is 2.33 bits per heavy atom. The standard InChI is InChI=1S/C12H16F3NO2/c1-2-16(5-6-17)11-4-3-9(8-18)7-10(11)12(13,14)15/h3-4,7,17-18H,2,5-6,8H2,1H3. The van der Waals surface area contributed by atoms with Crippen LogP contribution >= 0.6 is 0 Å². The zero-order valence-corrected chi connectivity index (χ0v) is 10.0. The molecule has 0 atom stereocenters. The third kappa shape index (κ3) is 3.36. The van der Waals surface area contributed by atoms with Crippen molar-refractivity contribution in [2.45, 2.75) is 19.7 Å². The SMILES string of the molecule is CCN(CCO)c1ccc(CO)cc1C(F)(F)F. The van der Waals surface area contributed by atoms with Gasteiger partial charge in [0.1, 0.15) is 0 Å². The smallest absolute Gasteiger partial charge is 0.395 e. The fourth-order valence-corrected chi connectivity index (χ4v) is 1.75. The predicted molar refractivity (Wildman–Crippen MR) is 62.3 cm³/mol. The Bertz CT molecular complexity index is 393. The topological polar surface area (TPSA) is 43.7 Å². The van der Waals surface area contributed by atoms with E-state index >= 15 is 0 Å². The highest BCUT2D eigenvalue weighted by Gasteiger charge is 2.34. The molecule has 2 N–H and O–H groups in total. The van der Waals surface area contributed by atoms with E-state index in [-0.39, 0.29) is 24.4 Å². The molecule has 0 aliphatic carbocycles. The Kier molecular flexibility index (Phi) is 4.98. The molecule has 0 saturated heterocycles. The van der Waals surface area contributed by atoms with Crippen LogP contribution in [0.4, 0.5) is 18.9 Å². The van der Waals surface area contributed by atoms with Crippen molar-refractivity contribution in [3.05, 3.63) is 29.3 Å². The second kappa shape index (κ2) is 6.06. The summed E-state index contributed by atoms with van der Waals surface area (Å²) in [5, 5.41) is 17.8. The molecular formula is C12H16F3NO2. The van der Waals surface area contributed by atoms with Crippen LogP contribution in [0.25, 0.3) is 0 Å². The molecule has 0 fully saturated rings. The molecule has 3 nitrogen and oxygen atoms in total. The van der Waals surface area contributed by atoms with Gasteiger partial charge < -0.3 is 15.1 Å². The van der Waals surface area contributed by atoms with Gasteiger partial charge in [-0.15, -0.1) is 0 Å². The van der Waals surface area contributed by atoms with Crippen LogP contribution in [0, 0.1) is 0 Å². The summed E-state index contributed by atoms with van der Waals surface area (Å²) in [6.45, 7) is 1.57. The summed E-state index contributed by atoms with van der Waals surface area (Å²) in [4.78, 5) is 1.45. The van der Waals surface area contributed by atoms with Crippen LogP contribution in [0.5, 0.6) is 0 Å². The molecular weight excluding hydrogens is 247 g/mol. The van der Waals surface area contributed by atoms with Gasteiger partial charge >= 0.3 is 6.18 Å². The Morgan fingerprint density at radius 1 is 1.22 bits per heavy atom. The molecule has 1 aromatic rings. The van der Waals surface area contributed by atoms with Gasteiger partial charge in [-0.2, -0.15) is 13.2 Å². The van der Waals surface area contributed by atoms with Gasteiger partial charge in [0.05, 0.1) is 18.8 Å². The number of aliphatic hydroxyl groups is 2. The number of aliphatic hydroxyl groups excluding tert-OH is 2. The fraction of sp³-hybridized carbons (Fsp3) is 0.500. The van der Waals surface area contributed by atoms with Gasteiger partial charge in [-0.3, -0.25) is 0 Å². The number of anilines is 1. The Hall–Kier alpha value is -1.27. The third-order valence-electron chi connectivity index (χ3n) is 2.64. The summed E-state index contributed by atoms with van der Waals surface area (Å²) < 4.78 is 38.8. The maximum atomic E-state index is 12.9. The zero-order valence-electron chi connectivity index (χ0n) is 10.0. The average Bonchev–Trinajstić information content (AvgIpc) is 2.34. The minimum Gasteiger partial charge on any atom is -0.395 e. The molecule has 102 valence electrons. The van der Waals surface area contributed by atoms with E-state index < -0.39 is 18.3 Å². The van der Waals surface area contributed by atoms with Gasteiger partial charge in [0.25, 0.3) is 0 Å². The maximum Gasteiger partial charge on any atom is 0.418 e. The first-order chi connectivity index (χ1) is 8.43. The van der Waals surface area contributed by atoms with Crippen molar-refractivity contribution in [2.24, 2.45) is 0 Å². The lowest BCUT2D eigenvalue weighted by Gasteiger charge is -2.26. The van der Waals surface area contributed by atoms with E-state index in [2.05, 4.69) is 0 Å². The van der Waals surface area contributed by atoms with E-state index in [1.165, 1.54) is 17.0 Å². The predicted octanol–water partition coefficient (Wildman–Crippen LogP) is 2.02. The lowest BCUT2D eigenvalue weighted by molar-refractivity contribution is -0.137. The summed E-state index contributed by atoms with van der Waals surface area (Å²) >= 11 is 0. The van der Waals surface area contributed by atoms with Gasteiger partial charge in [0.15, 0.2) is 0 Å². The molecule has 0 bridgehead atoms. The second-order valence-electron chi connectivity index (χ2n) is 3.81. The van der Waals surface area contributed by atoms with Crippen LogP contribution < -0.4 is 4.90 Å². The monoisotopic (exact) mass is 263 g/mol. The maximum absolute atomic E-state index is 12.9. The first kappa shape index (κ1) is 14.8. The molecule has 0 amide bonds. The number of halogens is 3. The van der Waals surface area contributed by atoms with Crippen molar-refractivity contribution in [1.29, 1.82) is 0 Å². The van der Waals surface area contributed by atoms with Gasteiger partial charge in [-0.1, -0.05) is 6.07 Å². The molecule has 6 heteroatoms. The molecule has 1 aromatic carbocycles. The number of nitrogens with zero attached hydrogens (tertiary/aromatic N) is 1. The summed E-state index contributed by atoms with van der Waals surface area (Å²) in [6, 6.07) is 3.72. The summed E-state index contributed by atoms with van der Waals surface area (Å²) in [6.07, 6.45) is -4.48. The van der Waals surface area contributed by atoms with Crippen LogP contribution in [0.1, 0.15) is 18.1 Å². The van der Waals surface area contributed by atoms with Crippen LogP contribution in [0.15, 0.2) is 18.2 Å². The van der Waals surface area contributed by atoms with Crippen molar-refractivity contribution in [3.8, 4) is 0 Å². The minimum atomic E-state index is -4.48. The van der Waals surface area contributed by atoms with Gasteiger partial charge in [-0.05, 0) is 24.6 Å². The van der Waals surface area contributed by atoms with Crippen molar-refractivity contribution in [3.63, 3.8) is 0 Å². The Labute approximate surface area is 103 Å². The molecule has 0 radical (unpaired) electrons.